The normalized spacial score (nSPS) is 11.7. The summed E-state index contributed by atoms with van der Waals surface area (Å²) in [6.45, 7) is 4.40. The Morgan fingerprint density at radius 1 is 1.06 bits per heavy atom. The molecule has 0 aromatic heterocycles. The van der Waals surface area contributed by atoms with Crippen LogP contribution in [-0.4, -0.2) is 18.6 Å². The van der Waals surface area contributed by atoms with Crippen LogP contribution in [0.15, 0.2) is 0 Å². The molecule has 0 spiro atoms. The predicted octanol–water partition coefficient (Wildman–Crippen LogP) is 3.44. The largest absolute Gasteiger partial charge is 0.465 e. The van der Waals surface area contributed by atoms with E-state index in [1.807, 2.05) is 0 Å². The summed E-state index contributed by atoms with van der Waals surface area (Å²) in [7, 11) is 0. The molecule has 0 fully saturated rings. The van der Waals surface area contributed by atoms with E-state index in [-0.39, 0.29) is 18.4 Å². The molecule has 0 saturated heterocycles. The maximum absolute atomic E-state index is 11.0. The van der Waals surface area contributed by atoms with E-state index in [4.69, 9.17) is 10.5 Å². The molecule has 1 atom stereocenters. The number of ether oxygens (including phenoxy) is 1. The molecule has 0 rings (SSSR count). The van der Waals surface area contributed by atoms with Gasteiger partial charge in [0.2, 0.25) is 0 Å². The van der Waals surface area contributed by atoms with Crippen molar-refractivity contribution in [3.63, 3.8) is 0 Å². The quantitative estimate of drug-likeness (QED) is 0.486. The number of rotatable bonds is 10. The summed E-state index contributed by atoms with van der Waals surface area (Å²) >= 11 is 0. The van der Waals surface area contributed by atoms with E-state index in [1.165, 1.54) is 38.5 Å². The lowest BCUT2D eigenvalue weighted by Crippen LogP contribution is -2.28. The first kappa shape index (κ1) is 19.1. The Morgan fingerprint density at radius 3 is 2.00 bits per heavy atom. The number of halogens is 1. The smallest absolute Gasteiger partial charge is 0.322 e. The molecule has 17 heavy (non-hydrogen) atoms. The number of hydrogen-bond donors (Lipinski definition) is 1. The zero-order valence-electron chi connectivity index (χ0n) is 11.2. The van der Waals surface area contributed by atoms with Gasteiger partial charge in [-0.25, -0.2) is 0 Å². The minimum Gasteiger partial charge on any atom is -0.465 e. The topological polar surface area (TPSA) is 52.3 Å². The molecule has 4 heteroatoms. The van der Waals surface area contributed by atoms with Gasteiger partial charge >= 0.3 is 5.97 Å². The van der Waals surface area contributed by atoms with E-state index in [0.717, 1.165) is 12.8 Å². The number of hydrogen-bond acceptors (Lipinski definition) is 3. The van der Waals surface area contributed by atoms with E-state index in [2.05, 4.69) is 6.92 Å². The Hall–Kier alpha value is -0.280. The fourth-order valence-electron chi connectivity index (χ4n) is 1.54. The molecule has 0 aromatic rings. The summed E-state index contributed by atoms with van der Waals surface area (Å²) in [4.78, 5) is 11.0. The van der Waals surface area contributed by atoms with Crippen molar-refractivity contribution in [1.29, 1.82) is 0 Å². The number of carbonyl (C=O) groups excluding carboxylic acids is 1. The Balaban J connectivity index is 0. The Labute approximate surface area is 112 Å². The molecular formula is C13H28ClNO2. The van der Waals surface area contributed by atoms with E-state index < -0.39 is 6.04 Å². The van der Waals surface area contributed by atoms with Crippen LogP contribution in [-0.2, 0) is 9.53 Å². The second-order valence-electron chi connectivity index (χ2n) is 4.43. The van der Waals surface area contributed by atoms with Gasteiger partial charge in [-0.1, -0.05) is 51.9 Å². The monoisotopic (exact) mass is 265 g/mol. The van der Waals surface area contributed by atoms with Crippen LogP contribution in [0, 0.1) is 0 Å². The highest BCUT2D eigenvalue weighted by molar-refractivity contribution is 5.85. The lowest BCUT2D eigenvalue weighted by atomic mass is 10.1. The molecule has 3 nitrogen and oxygen atoms in total. The van der Waals surface area contributed by atoms with Gasteiger partial charge in [0.1, 0.15) is 6.04 Å². The lowest BCUT2D eigenvalue weighted by Gasteiger charge is -2.06. The first-order valence-electron chi connectivity index (χ1n) is 6.60. The molecule has 0 saturated carbocycles. The van der Waals surface area contributed by atoms with Gasteiger partial charge in [0, 0.05) is 0 Å². The summed E-state index contributed by atoms with van der Waals surface area (Å²) in [5, 5.41) is 0. The van der Waals surface area contributed by atoms with E-state index >= 15 is 0 Å². The van der Waals surface area contributed by atoms with Crippen molar-refractivity contribution < 1.29 is 9.53 Å². The van der Waals surface area contributed by atoms with Crippen LogP contribution in [0.5, 0.6) is 0 Å². The van der Waals surface area contributed by atoms with E-state index in [0.29, 0.717) is 6.61 Å². The second kappa shape index (κ2) is 13.8. The van der Waals surface area contributed by atoms with Gasteiger partial charge in [0.05, 0.1) is 6.61 Å². The Bertz CT molecular complexity index is 175. The first-order valence-corrected chi connectivity index (χ1v) is 6.60. The van der Waals surface area contributed by atoms with E-state index in [1.54, 1.807) is 6.92 Å². The Morgan fingerprint density at radius 2 is 1.53 bits per heavy atom. The fourth-order valence-corrected chi connectivity index (χ4v) is 1.54. The molecule has 0 aliphatic carbocycles. The molecule has 104 valence electrons. The van der Waals surface area contributed by atoms with Gasteiger partial charge in [-0.3, -0.25) is 4.79 Å². The summed E-state index contributed by atoms with van der Waals surface area (Å²) < 4.78 is 4.98. The molecule has 0 bridgehead atoms. The molecule has 2 N–H and O–H groups in total. The zero-order chi connectivity index (χ0) is 12.2. The molecule has 0 amide bonds. The number of unbranched alkanes of at least 4 members (excludes halogenated alkanes) is 7. The molecule has 0 aliphatic rings. The standard InChI is InChI=1S/C13H27NO2.ClH/c1-3-4-5-6-7-8-9-10-11-16-13(15)12(2)14;/h12H,3-11,14H2,1-2H3;1H/t12-;/m0./s1. The SMILES string of the molecule is CCCCCCCCCCOC(=O)[C@H](C)N.Cl. The van der Waals surface area contributed by atoms with Crippen molar-refractivity contribution in [2.24, 2.45) is 5.73 Å². The third-order valence-electron chi connectivity index (χ3n) is 2.61. The predicted molar refractivity (Wildman–Crippen MR) is 74.5 cm³/mol. The lowest BCUT2D eigenvalue weighted by molar-refractivity contribution is -0.144. The first-order chi connectivity index (χ1) is 7.68. The number of esters is 1. The van der Waals surface area contributed by atoms with Crippen LogP contribution in [0.4, 0.5) is 0 Å². The van der Waals surface area contributed by atoms with E-state index in [9.17, 15) is 4.79 Å². The highest BCUT2D eigenvalue weighted by Gasteiger charge is 2.07. The van der Waals surface area contributed by atoms with Gasteiger partial charge in [-0.15, -0.1) is 12.4 Å². The molecular weight excluding hydrogens is 238 g/mol. The van der Waals surface area contributed by atoms with Crippen LogP contribution in [0.2, 0.25) is 0 Å². The van der Waals surface area contributed by atoms with Crippen molar-refractivity contribution in [2.75, 3.05) is 6.61 Å². The van der Waals surface area contributed by atoms with Crippen LogP contribution in [0.1, 0.15) is 65.2 Å². The van der Waals surface area contributed by atoms with Crippen LogP contribution >= 0.6 is 12.4 Å². The second-order valence-corrected chi connectivity index (χ2v) is 4.43. The molecule has 0 heterocycles. The van der Waals surface area contributed by atoms with Gasteiger partial charge in [-0.2, -0.15) is 0 Å². The van der Waals surface area contributed by atoms with Crippen LogP contribution in [0.3, 0.4) is 0 Å². The van der Waals surface area contributed by atoms with Crippen molar-refractivity contribution in [3.05, 3.63) is 0 Å². The Kier molecular flexibility index (Phi) is 15.5. The maximum Gasteiger partial charge on any atom is 0.322 e. The third kappa shape index (κ3) is 13.7. The average Bonchev–Trinajstić information content (AvgIpc) is 2.26. The fraction of sp³-hybridized carbons (Fsp3) is 0.923. The number of carbonyl (C=O) groups is 1. The van der Waals surface area contributed by atoms with Crippen LogP contribution in [0.25, 0.3) is 0 Å². The molecule has 0 aliphatic heterocycles. The third-order valence-corrected chi connectivity index (χ3v) is 2.61. The van der Waals surface area contributed by atoms with Crippen LogP contribution < -0.4 is 5.73 Å². The minimum absolute atomic E-state index is 0. The highest BCUT2D eigenvalue weighted by atomic mass is 35.5. The van der Waals surface area contributed by atoms with Gasteiger partial charge < -0.3 is 10.5 Å². The molecule has 0 radical (unpaired) electrons. The van der Waals surface area contributed by atoms with Gasteiger partial charge in [-0.05, 0) is 13.3 Å². The maximum atomic E-state index is 11.0. The van der Waals surface area contributed by atoms with Crippen molar-refractivity contribution in [3.8, 4) is 0 Å². The molecule has 0 aromatic carbocycles. The summed E-state index contributed by atoms with van der Waals surface area (Å²) in [6, 6.07) is -0.492. The average molecular weight is 266 g/mol. The van der Waals surface area contributed by atoms with Crippen molar-refractivity contribution >= 4 is 18.4 Å². The van der Waals surface area contributed by atoms with Gasteiger partial charge in [0.15, 0.2) is 0 Å². The number of nitrogens with two attached hydrogens (primary N) is 1. The van der Waals surface area contributed by atoms with Crippen molar-refractivity contribution in [2.45, 2.75) is 71.3 Å². The summed E-state index contributed by atoms with van der Waals surface area (Å²) in [6.07, 6.45) is 10.0. The summed E-state index contributed by atoms with van der Waals surface area (Å²) in [5.41, 5.74) is 5.37. The highest BCUT2D eigenvalue weighted by Crippen LogP contribution is 2.08. The van der Waals surface area contributed by atoms with Crippen molar-refractivity contribution in [1.82, 2.24) is 0 Å². The zero-order valence-corrected chi connectivity index (χ0v) is 12.1. The molecule has 0 unspecified atom stereocenters. The minimum atomic E-state index is -0.492. The van der Waals surface area contributed by atoms with Gasteiger partial charge in [0.25, 0.3) is 0 Å². The summed E-state index contributed by atoms with van der Waals surface area (Å²) in [5.74, 6) is -0.289.